The van der Waals surface area contributed by atoms with Crippen LogP contribution in [0.1, 0.15) is 12.5 Å². The quantitative estimate of drug-likeness (QED) is 0.778. The smallest absolute Gasteiger partial charge is 0.118 e. The van der Waals surface area contributed by atoms with E-state index in [-0.39, 0.29) is 0 Å². The molecule has 88 valence electrons. The zero-order valence-corrected chi connectivity index (χ0v) is 9.61. The molecule has 3 heteroatoms. The fourth-order valence-electron chi connectivity index (χ4n) is 1.56. The number of rotatable bonds is 5. The fraction of sp³-hybridized carbons (Fsp3) is 0.385. The van der Waals surface area contributed by atoms with Crippen molar-refractivity contribution in [3.05, 3.63) is 42.5 Å². The van der Waals surface area contributed by atoms with Crippen LogP contribution in [0, 0.1) is 0 Å². The van der Waals surface area contributed by atoms with Crippen molar-refractivity contribution in [2.75, 3.05) is 13.8 Å². The highest BCUT2D eigenvalue weighted by molar-refractivity contribution is 5.36. The number of hydrogen-bond acceptors (Lipinski definition) is 2. The summed E-state index contributed by atoms with van der Waals surface area (Å²) in [6.45, 7) is 4.62. The molecule has 0 saturated heterocycles. The average Bonchev–Trinajstić information content (AvgIpc) is 2.36. The lowest BCUT2D eigenvalue weighted by atomic mass is 9.78. The summed E-state index contributed by atoms with van der Waals surface area (Å²) in [5.74, 6) is 0.727. The Bertz CT molecular complexity index is 347. The largest absolute Gasteiger partial charge is 0.497 e. The zero-order valence-electron chi connectivity index (χ0n) is 9.61. The second kappa shape index (κ2) is 5.12. The minimum Gasteiger partial charge on any atom is -0.497 e. The van der Waals surface area contributed by atoms with Gasteiger partial charge in [0.05, 0.1) is 13.2 Å². The van der Waals surface area contributed by atoms with E-state index in [0.717, 1.165) is 11.3 Å². The molecule has 0 radical (unpaired) electrons. The third kappa shape index (κ3) is 2.25. The first kappa shape index (κ1) is 12.7. The molecule has 1 aromatic rings. The predicted octanol–water partition coefficient (Wildman–Crippen LogP) is 2.47. The maximum Gasteiger partial charge on any atom is 0.118 e. The number of alkyl halides is 1. The molecular weight excluding hydrogens is 207 g/mol. The Hall–Kier alpha value is -1.35. The molecular formula is C13H17FO2. The van der Waals surface area contributed by atoms with Crippen molar-refractivity contribution in [1.29, 1.82) is 0 Å². The summed E-state index contributed by atoms with van der Waals surface area (Å²) in [5, 5.41) is 9.68. The molecule has 2 nitrogen and oxygen atoms in total. The lowest BCUT2D eigenvalue weighted by Gasteiger charge is -2.30. The first-order valence-corrected chi connectivity index (χ1v) is 5.10. The van der Waals surface area contributed by atoms with E-state index in [1.807, 2.05) is 0 Å². The Morgan fingerprint density at radius 1 is 1.50 bits per heavy atom. The summed E-state index contributed by atoms with van der Waals surface area (Å²) in [4.78, 5) is 0. The number of aliphatic hydroxyl groups is 1. The van der Waals surface area contributed by atoms with Gasteiger partial charge in [0.2, 0.25) is 0 Å². The molecule has 1 aromatic carbocycles. The maximum atomic E-state index is 12.6. The molecule has 16 heavy (non-hydrogen) atoms. The van der Waals surface area contributed by atoms with Crippen molar-refractivity contribution in [1.82, 2.24) is 0 Å². The summed E-state index contributed by atoms with van der Waals surface area (Å²) in [5.41, 5.74) is 0.0366. The molecule has 1 rings (SSSR count). The monoisotopic (exact) mass is 224 g/mol. The lowest BCUT2D eigenvalue weighted by Crippen LogP contribution is -2.36. The summed E-state index contributed by atoms with van der Waals surface area (Å²) in [6, 6.07) is 7.17. The van der Waals surface area contributed by atoms with Gasteiger partial charge in [-0.25, -0.2) is 4.39 Å². The summed E-state index contributed by atoms with van der Waals surface area (Å²) >= 11 is 0. The highest BCUT2D eigenvalue weighted by Gasteiger charge is 2.31. The molecule has 0 aliphatic rings. The van der Waals surface area contributed by atoms with Crippen LogP contribution in [0.2, 0.25) is 0 Å². The van der Waals surface area contributed by atoms with E-state index in [1.54, 1.807) is 44.4 Å². The standard InChI is InChI=1S/C13H17FO2/c1-4-13(2,12(15)9-14)10-5-7-11(16-3)8-6-10/h4-8,12,15H,1,9H2,2-3H3/t12-,13-/m1/s1. The third-order valence-electron chi connectivity index (χ3n) is 2.97. The lowest BCUT2D eigenvalue weighted by molar-refractivity contribution is 0.0870. The fourth-order valence-corrected chi connectivity index (χ4v) is 1.56. The molecule has 2 atom stereocenters. The first-order chi connectivity index (χ1) is 7.58. The van der Waals surface area contributed by atoms with Crippen LogP contribution in [0.15, 0.2) is 36.9 Å². The van der Waals surface area contributed by atoms with Gasteiger partial charge >= 0.3 is 0 Å². The Morgan fingerprint density at radius 2 is 2.06 bits per heavy atom. The number of benzene rings is 1. The van der Waals surface area contributed by atoms with Crippen molar-refractivity contribution in [3.8, 4) is 5.75 Å². The van der Waals surface area contributed by atoms with Crippen molar-refractivity contribution in [2.24, 2.45) is 0 Å². The van der Waals surface area contributed by atoms with E-state index >= 15 is 0 Å². The second-order valence-electron chi connectivity index (χ2n) is 3.89. The van der Waals surface area contributed by atoms with Gasteiger partial charge in [-0.2, -0.15) is 0 Å². The van der Waals surface area contributed by atoms with Crippen LogP contribution in [-0.2, 0) is 5.41 Å². The van der Waals surface area contributed by atoms with Gasteiger partial charge < -0.3 is 9.84 Å². The Labute approximate surface area is 95.4 Å². The van der Waals surface area contributed by atoms with Crippen LogP contribution in [-0.4, -0.2) is 25.0 Å². The molecule has 1 N–H and O–H groups in total. The summed E-state index contributed by atoms with van der Waals surface area (Å²) in [6.07, 6.45) is 0.484. The van der Waals surface area contributed by atoms with Crippen molar-refractivity contribution in [2.45, 2.75) is 18.4 Å². The van der Waals surface area contributed by atoms with E-state index in [9.17, 15) is 9.50 Å². The molecule has 0 fully saturated rings. The molecule has 0 bridgehead atoms. The van der Waals surface area contributed by atoms with Gasteiger partial charge in [0.15, 0.2) is 0 Å². The van der Waals surface area contributed by atoms with Gasteiger partial charge in [-0.05, 0) is 24.6 Å². The third-order valence-corrected chi connectivity index (χ3v) is 2.97. The maximum absolute atomic E-state index is 12.6. The van der Waals surface area contributed by atoms with Crippen LogP contribution in [0.4, 0.5) is 4.39 Å². The molecule has 0 heterocycles. The molecule has 0 aliphatic carbocycles. The normalized spacial score (nSPS) is 16.2. The van der Waals surface area contributed by atoms with Gasteiger partial charge in [0.25, 0.3) is 0 Å². The van der Waals surface area contributed by atoms with Crippen molar-refractivity contribution >= 4 is 0 Å². The van der Waals surface area contributed by atoms with E-state index < -0.39 is 18.2 Å². The van der Waals surface area contributed by atoms with Gasteiger partial charge in [-0.15, -0.1) is 6.58 Å². The zero-order chi connectivity index (χ0) is 12.2. The highest BCUT2D eigenvalue weighted by Crippen LogP contribution is 2.30. The topological polar surface area (TPSA) is 29.5 Å². The van der Waals surface area contributed by atoms with Gasteiger partial charge in [0.1, 0.15) is 12.4 Å². The SMILES string of the molecule is C=C[C@](C)(c1ccc(OC)cc1)[C@H](O)CF. The number of ether oxygens (including phenoxy) is 1. The van der Waals surface area contributed by atoms with E-state index in [4.69, 9.17) is 4.74 Å². The predicted molar refractivity (Wildman–Crippen MR) is 62.5 cm³/mol. The average molecular weight is 224 g/mol. The van der Waals surface area contributed by atoms with Crippen molar-refractivity contribution in [3.63, 3.8) is 0 Å². The van der Waals surface area contributed by atoms with Crippen LogP contribution in [0.3, 0.4) is 0 Å². The number of aliphatic hydroxyl groups excluding tert-OH is 1. The Balaban J connectivity index is 3.07. The Morgan fingerprint density at radius 3 is 2.44 bits per heavy atom. The second-order valence-corrected chi connectivity index (χ2v) is 3.89. The minimum absolute atomic E-state index is 0.727. The van der Waals surface area contributed by atoms with Crippen LogP contribution >= 0.6 is 0 Å². The molecule has 0 saturated carbocycles. The van der Waals surface area contributed by atoms with Crippen LogP contribution in [0.5, 0.6) is 5.75 Å². The minimum atomic E-state index is -1.08. The van der Waals surface area contributed by atoms with Crippen LogP contribution < -0.4 is 4.74 Å². The van der Waals surface area contributed by atoms with E-state index in [2.05, 4.69) is 6.58 Å². The van der Waals surface area contributed by atoms with Crippen LogP contribution in [0.25, 0.3) is 0 Å². The highest BCUT2D eigenvalue weighted by atomic mass is 19.1. The number of halogens is 1. The van der Waals surface area contributed by atoms with Gasteiger partial charge in [-0.3, -0.25) is 0 Å². The Kier molecular flexibility index (Phi) is 4.07. The van der Waals surface area contributed by atoms with E-state index in [1.165, 1.54) is 0 Å². The van der Waals surface area contributed by atoms with Gasteiger partial charge in [-0.1, -0.05) is 18.2 Å². The van der Waals surface area contributed by atoms with E-state index in [0.29, 0.717) is 0 Å². The van der Waals surface area contributed by atoms with Gasteiger partial charge in [0, 0.05) is 5.41 Å². The molecule has 0 spiro atoms. The number of methoxy groups -OCH3 is 1. The van der Waals surface area contributed by atoms with Crippen molar-refractivity contribution < 1.29 is 14.2 Å². The molecule has 0 aliphatic heterocycles. The summed E-state index contributed by atoms with van der Waals surface area (Å²) < 4.78 is 17.6. The molecule has 0 unspecified atom stereocenters. The molecule has 0 amide bonds. The molecule has 0 aromatic heterocycles. The summed E-state index contributed by atoms with van der Waals surface area (Å²) in [7, 11) is 1.58. The first-order valence-electron chi connectivity index (χ1n) is 5.10. The number of hydrogen-bond donors (Lipinski definition) is 1.